The minimum Gasteiger partial charge on any atom is -0.492 e. The van der Waals surface area contributed by atoms with Crippen LogP contribution in [0.5, 0.6) is 5.75 Å². The number of benzene rings is 1. The van der Waals surface area contributed by atoms with Crippen molar-refractivity contribution in [1.82, 2.24) is 0 Å². The van der Waals surface area contributed by atoms with Gasteiger partial charge in [-0.25, -0.2) is 0 Å². The van der Waals surface area contributed by atoms with Gasteiger partial charge < -0.3 is 20.5 Å². The maximum atomic E-state index is 5.82. The monoisotopic (exact) mass is 236 g/mol. The Labute approximate surface area is 102 Å². The third kappa shape index (κ3) is 2.82. The van der Waals surface area contributed by atoms with Crippen molar-refractivity contribution in [2.45, 2.75) is 31.9 Å². The zero-order chi connectivity index (χ0) is 12.3. The Bertz CT molecular complexity index is 376. The molecule has 4 heteroatoms. The Hall–Kier alpha value is -1.42. The molecule has 0 atom stereocenters. The molecule has 1 saturated carbocycles. The van der Waals surface area contributed by atoms with Crippen LogP contribution in [0.15, 0.2) is 18.2 Å². The first-order chi connectivity index (χ1) is 8.22. The molecule has 1 aliphatic rings. The average molecular weight is 236 g/mol. The fourth-order valence-corrected chi connectivity index (χ4v) is 2.02. The standard InChI is InChI=1S/C13H20N2O2/c1-3-17-13-8-9(4-5-12(13)14)15-10-6-11(7-10)16-2/h4-5,8,10-11,15H,3,6-7,14H2,1-2H3. The van der Waals surface area contributed by atoms with Crippen molar-refractivity contribution in [3.63, 3.8) is 0 Å². The van der Waals surface area contributed by atoms with Crippen molar-refractivity contribution >= 4 is 11.4 Å². The molecule has 94 valence electrons. The van der Waals surface area contributed by atoms with E-state index in [2.05, 4.69) is 5.32 Å². The van der Waals surface area contributed by atoms with E-state index in [0.717, 1.165) is 24.3 Å². The zero-order valence-corrected chi connectivity index (χ0v) is 10.4. The third-order valence-electron chi connectivity index (χ3n) is 3.11. The first-order valence-corrected chi connectivity index (χ1v) is 6.04. The molecule has 0 aromatic heterocycles. The highest BCUT2D eigenvalue weighted by atomic mass is 16.5. The van der Waals surface area contributed by atoms with E-state index in [-0.39, 0.29) is 0 Å². The molecule has 1 aliphatic carbocycles. The van der Waals surface area contributed by atoms with Gasteiger partial charge in [0.1, 0.15) is 5.75 Å². The van der Waals surface area contributed by atoms with Gasteiger partial charge in [-0.3, -0.25) is 0 Å². The summed E-state index contributed by atoms with van der Waals surface area (Å²) >= 11 is 0. The highest BCUT2D eigenvalue weighted by Gasteiger charge is 2.28. The number of ether oxygens (including phenoxy) is 2. The SMILES string of the molecule is CCOc1cc(NC2CC(OC)C2)ccc1N. The third-order valence-corrected chi connectivity index (χ3v) is 3.11. The molecule has 0 amide bonds. The molecule has 0 spiro atoms. The maximum Gasteiger partial charge on any atom is 0.144 e. The molecule has 2 rings (SSSR count). The molecular formula is C13H20N2O2. The normalized spacial score (nSPS) is 22.9. The van der Waals surface area contributed by atoms with Crippen LogP contribution in [0, 0.1) is 0 Å². The van der Waals surface area contributed by atoms with E-state index in [0.29, 0.717) is 24.4 Å². The molecule has 0 heterocycles. The summed E-state index contributed by atoms with van der Waals surface area (Å²) in [6.45, 7) is 2.58. The summed E-state index contributed by atoms with van der Waals surface area (Å²) in [5.41, 5.74) is 7.56. The van der Waals surface area contributed by atoms with Gasteiger partial charge in [0.2, 0.25) is 0 Å². The van der Waals surface area contributed by atoms with Crippen LogP contribution in [0.2, 0.25) is 0 Å². The van der Waals surface area contributed by atoms with E-state index in [1.54, 1.807) is 7.11 Å². The lowest BCUT2D eigenvalue weighted by Gasteiger charge is -2.35. The predicted octanol–water partition coefficient (Wildman–Crippen LogP) is 2.26. The van der Waals surface area contributed by atoms with E-state index >= 15 is 0 Å². The molecule has 3 N–H and O–H groups in total. The van der Waals surface area contributed by atoms with Gasteiger partial charge in [-0.1, -0.05) is 0 Å². The largest absolute Gasteiger partial charge is 0.492 e. The van der Waals surface area contributed by atoms with Gasteiger partial charge >= 0.3 is 0 Å². The lowest BCUT2D eigenvalue weighted by Crippen LogP contribution is -2.40. The fourth-order valence-electron chi connectivity index (χ4n) is 2.02. The highest BCUT2D eigenvalue weighted by Crippen LogP contribution is 2.30. The lowest BCUT2D eigenvalue weighted by molar-refractivity contribution is 0.0329. The van der Waals surface area contributed by atoms with Crippen LogP contribution >= 0.6 is 0 Å². The van der Waals surface area contributed by atoms with Crippen LogP contribution in [0.1, 0.15) is 19.8 Å². The Morgan fingerprint density at radius 2 is 2.18 bits per heavy atom. The molecular weight excluding hydrogens is 216 g/mol. The summed E-state index contributed by atoms with van der Waals surface area (Å²) in [5.74, 6) is 0.750. The minimum atomic E-state index is 0.410. The van der Waals surface area contributed by atoms with Crippen molar-refractivity contribution in [3.05, 3.63) is 18.2 Å². The van der Waals surface area contributed by atoms with E-state index in [1.807, 2.05) is 25.1 Å². The van der Waals surface area contributed by atoms with Crippen molar-refractivity contribution in [2.24, 2.45) is 0 Å². The number of nitrogen functional groups attached to an aromatic ring is 1. The van der Waals surface area contributed by atoms with Crippen molar-refractivity contribution in [2.75, 3.05) is 24.8 Å². The lowest BCUT2D eigenvalue weighted by atomic mass is 9.89. The van der Waals surface area contributed by atoms with Gasteiger partial charge in [-0.05, 0) is 31.9 Å². The van der Waals surface area contributed by atoms with Crippen molar-refractivity contribution in [3.8, 4) is 5.75 Å². The van der Waals surface area contributed by atoms with Crippen LogP contribution in [-0.4, -0.2) is 25.9 Å². The molecule has 17 heavy (non-hydrogen) atoms. The number of methoxy groups -OCH3 is 1. The topological polar surface area (TPSA) is 56.5 Å². The van der Waals surface area contributed by atoms with Gasteiger partial charge in [0, 0.05) is 24.9 Å². The number of hydrogen-bond acceptors (Lipinski definition) is 4. The van der Waals surface area contributed by atoms with Crippen LogP contribution in [-0.2, 0) is 4.74 Å². The summed E-state index contributed by atoms with van der Waals surface area (Å²) in [5, 5.41) is 3.45. The van der Waals surface area contributed by atoms with Crippen LogP contribution in [0.25, 0.3) is 0 Å². The van der Waals surface area contributed by atoms with E-state index in [9.17, 15) is 0 Å². The number of hydrogen-bond donors (Lipinski definition) is 2. The molecule has 4 nitrogen and oxygen atoms in total. The van der Waals surface area contributed by atoms with E-state index < -0.39 is 0 Å². The minimum absolute atomic E-state index is 0.410. The number of nitrogens with two attached hydrogens (primary N) is 1. The summed E-state index contributed by atoms with van der Waals surface area (Å²) in [7, 11) is 1.76. The Morgan fingerprint density at radius 3 is 2.82 bits per heavy atom. The molecule has 1 aromatic carbocycles. The summed E-state index contributed by atoms with van der Waals surface area (Å²) in [4.78, 5) is 0. The highest BCUT2D eigenvalue weighted by molar-refractivity contribution is 5.61. The first kappa shape index (κ1) is 12.0. The Kier molecular flexibility index (Phi) is 3.74. The van der Waals surface area contributed by atoms with E-state index in [4.69, 9.17) is 15.2 Å². The molecule has 0 bridgehead atoms. The average Bonchev–Trinajstić information content (AvgIpc) is 2.27. The Balaban J connectivity index is 1.95. The predicted molar refractivity (Wildman–Crippen MR) is 69.5 cm³/mol. The smallest absolute Gasteiger partial charge is 0.144 e. The van der Waals surface area contributed by atoms with E-state index in [1.165, 1.54) is 0 Å². The molecule has 0 unspecified atom stereocenters. The van der Waals surface area contributed by atoms with Crippen LogP contribution in [0.4, 0.5) is 11.4 Å². The first-order valence-electron chi connectivity index (χ1n) is 6.04. The molecule has 1 aromatic rings. The van der Waals surface area contributed by atoms with Crippen LogP contribution < -0.4 is 15.8 Å². The zero-order valence-electron chi connectivity index (χ0n) is 10.4. The Morgan fingerprint density at radius 1 is 1.41 bits per heavy atom. The summed E-state index contributed by atoms with van der Waals surface area (Å²) in [6.07, 6.45) is 2.53. The van der Waals surface area contributed by atoms with Gasteiger partial charge in [0.25, 0.3) is 0 Å². The molecule has 1 fully saturated rings. The van der Waals surface area contributed by atoms with Crippen molar-refractivity contribution in [1.29, 1.82) is 0 Å². The second-order valence-electron chi connectivity index (χ2n) is 4.36. The molecule has 0 radical (unpaired) electrons. The second kappa shape index (κ2) is 5.27. The van der Waals surface area contributed by atoms with Crippen molar-refractivity contribution < 1.29 is 9.47 Å². The van der Waals surface area contributed by atoms with Gasteiger partial charge in [-0.2, -0.15) is 0 Å². The van der Waals surface area contributed by atoms with Crippen LogP contribution in [0.3, 0.4) is 0 Å². The second-order valence-corrected chi connectivity index (χ2v) is 4.36. The van der Waals surface area contributed by atoms with Gasteiger partial charge in [-0.15, -0.1) is 0 Å². The number of rotatable bonds is 5. The molecule has 0 aliphatic heterocycles. The number of anilines is 2. The maximum absolute atomic E-state index is 5.82. The fraction of sp³-hybridized carbons (Fsp3) is 0.538. The van der Waals surface area contributed by atoms with Gasteiger partial charge in [0.15, 0.2) is 0 Å². The summed E-state index contributed by atoms with van der Waals surface area (Å²) in [6, 6.07) is 6.31. The number of nitrogens with one attached hydrogen (secondary N) is 1. The quantitative estimate of drug-likeness (QED) is 0.770. The van der Waals surface area contributed by atoms with Gasteiger partial charge in [0.05, 0.1) is 18.4 Å². The molecule has 0 saturated heterocycles. The summed E-state index contributed by atoms with van der Waals surface area (Å²) < 4.78 is 10.7.